The number of hydrogen-bond acceptors (Lipinski definition) is 10. The summed E-state index contributed by atoms with van der Waals surface area (Å²) in [5, 5.41) is 10.2. The molecule has 3 atom stereocenters. The number of hydrogen-bond donors (Lipinski definition) is 2. The van der Waals surface area contributed by atoms with Crippen molar-refractivity contribution in [3.8, 4) is 11.6 Å². The molecule has 11 nitrogen and oxygen atoms in total. The van der Waals surface area contributed by atoms with Gasteiger partial charge in [0.2, 0.25) is 5.88 Å². The second-order valence-electron chi connectivity index (χ2n) is 8.84. The molecule has 1 unspecified atom stereocenters. The summed E-state index contributed by atoms with van der Waals surface area (Å²) in [4.78, 5) is 27.2. The highest BCUT2D eigenvalue weighted by Crippen LogP contribution is 2.50. The second kappa shape index (κ2) is 11.6. The molecule has 2 aromatic rings. The van der Waals surface area contributed by atoms with Crippen LogP contribution < -0.4 is 10.3 Å². The van der Waals surface area contributed by atoms with E-state index in [2.05, 4.69) is 4.98 Å². The predicted molar refractivity (Wildman–Crippen MR) is 129 cm³/mol. The first-order chi connectivity index (χ1) is 16.5. The van der Waals surface area contributed by atoms with E-state index < -0.39 is 31.5 Å². The molecule has 0 bridgehead atoms. The van der Waals surface area contributed by atoms with Crippen LogP contribution in [0.1, 0.15) is 50.3 Å². The molecule has 0 spiro atoms. The lowest BCUT2D eigenvalue weighted by molar-refractivity contribution is -0.117. The lowest BCUT2D eigenvalue weighted by atomic mass is 10.00. The van der Waals surface area contributed by atoms with Gasteiger partial charge in [-0.15, -0.1) is 0 Å². The minimum atomic E-state index is -4.04. The lowest BCUT2D eigenvalue weighted by Gasteiger charge is -2.21. The normalized spacial score (nSPS) is 19.9. The zero-order chi connectivity index (χ0) is 25.6. The molecule has 1 amide bonds. The number of carbonyl (C=O) groups excluding carboxylic acids is 2. The zero-order valence-corrected chi connectivity index (χ0v) is 21.5. The van der Waals surface area contributed by atoms with Crippen LogP contribution in [0, 0.1) is 5.41 Å². The van der Waals surface area contributed by atoms with Crippen molar-refractivity contribution < 1.29 is 37.6 Å². The van der Waals surface area contributed by atoms with Crippen molar-refractivity contribution in [1.82, 2.24) is 9.55 Å². The van der Waals surface area contributed by atoms with Gasteiger partial charge in [-0.1, -0.05) is 50.7 Å². The number of aromatic hydroxyl groups is 1. The minimum absolute atomic E-state index is 0.00604. The number of imidazole rings is 1. The van der Waals surface area contributed by atoms with Gasteiger partial charge in [-0.2, -0.15) is 0 Å². The lowest BCUT2D eigenvalue weighted by Crippen LogP contribution is -2.19. The maximum Gasteiger partial charge on any atom is 0.530 e. The van der Waals surface area contributed by atoms with Gasteiger partial charge < -0.3 is 20.1 Å². The Hall–Kier alpha value is -2.37. The molecule has 0 radical (unpaired) electrons. The molecule has 0 aliphatic carbocycles. The van der Waals surface area contributed by atoms with Gasteiger partial charge in [0.1, 0.15) is 18.3 Å². The molecule has 35 heavy (non-hydrogen) atoms. The van der Waals surface area contributed by atoms with E-state index in [1.54, 1.807) is 30.3 Å². The standard InChI is InChI=1S/C22H30N3O8PS/c1-22(2,3)21(28)35-12-11-30-34(29,33-15-7-5-4-6-8-15)31-13-16-9-10-17(32-16)25-14-24-18(19(23)26)20(25)27/h4-8,14,16-17,27H,9-13H2,1-3H3,(H2,23,26)/t16-,17+,34?/m0/s1. The van der Waals surface area contributed by atoms with E-state index in [9.17, 15) is 19.3 Å². The third kappa shape index (κ3) is 7.55. The number of aromatic nitrogens is 2. The topological polar surface area (TPSA) is 152 Å². The maximum absolute atomic E-state index is 13.3. The van der Waals surface area contributed by atoms with Gasteiger partial charge in [0, 0.05) is 11.2 Å². The van der Waals surface area contributed by atoms with Crippen LogP contribution in [0.4, 0.5) is 0 Å². The highest BCUT2D eigenvalue weighted by Gasteiger charge is 2.35. The summed E-state index contributed by atoms with van der Waals surface area (Å²) in [5.41, 5.74) is 4.44. The van der Waals surface area contributed by atoms with Crippen LogP contribution in [0.15, 0.2) is 36.7 Å². The van der Waals surface area contributed by atoms with Crippen molar-refractivity contribution in [2.75, 3.05) is 19.0 Å². The van der Waals surface area contributed by atoms with Gasteiger partial charge in [-0.05, 0) is 25.0 Å². The van der Waals surface area contributed by atoms with Crippen molar-refractivity contribution in [3.63, 3.8) is 0 Å². The Balaban J connectivity index is 1.58. The number of para-hydroxylation sites is 1. The molecule has 192 valence electrons. The predicted octanol–water partition coefficient (Wildman–Crippen LogP) is 3.89. The van der Waals surface area contributed by atoms with Crippen LogP contribution in [-0.4, -0.2) is 50.8 Å². The second-order valence-corrected chi connectivity index (χ2v) is 11.5. The van der Waals surface area contributed by atoms with E-state index in [0.717, 1.165) is 11.8 Å². The molecular weight excluding hydrogens is 497 g/mol. The number of benzene rings is 1. The zero-order valence-electron chi connectivity index (χ0n) is 19.8. The fraction of sp³-hybridized carbons (Fsp3) is 0.500. The van der Waals surface area contributed by atoms with Crippen LogP contribution in [0.25, 0.3) is 0 Å². The summed E-state index contributed by atoms with van der Waals surface area (Å²) >= 11 is 1.09. The van der Waals surface area contributed by atoms with Crippen LogP contribution in [-0.2, 0) is 23.1 Å². The molecule has 1 aliphatic heterocycles. The quantitative estimate of drug-likeness (QED) is 0.325. The van der Waals surface area contributed by atoms with E-state index in [1.807, 2.05) is 20.8 Å². The summed E-state index contributed by atoms with van der Waals surface area (Å²) in [6.45, 7) is 5.34. The molecule has 3 rings (SSSR count). The molecule has 3 N–H and O–H groups in total. The number of rotatable bonds is 11. The molecule has 1 aromatic heterocycles. The van der Waals surface area contributed by atoms with Gasteiger partial charge in [0.15, 0.2) is 10.8 Å². The Morgan fingerprint density at radius 3 is 2.60 bits per heavy atom. The smallest absolute Gasteiger partial charge is 0.493 e. The summed E-state index contributed by atoms with van der Waals surface area (Å²) in [5.74, 6) is -0.640. The summed E-state index contributed by atoms with van der Waals surface area (Å²) in [7, 11) is -4.04. The van der Waals surface area contributed by atoms with E-state index >= 15 is 0 Å². The Morgan fingerprint density at radius 1 is 1.26 bits per heavy atom. The van der Waals surface area contributed by atoms with Crippen molar-refractivity contribution in [1.29, 1.82) is 0 Å². The number of carbonyl (C=O) groups is 2. The van der Waals surface area contributed by atoms with Gasteiger partial charge in [0.25, 0.3) is 5.91 Å². The molecule has 0 saturated carbocycles. The number of ether oxygens (including phenoxy) is 1. The number of primary amides is 1. The molecule has 1 saturated heterocycles. The highest BCUT2D eigenvalue weighted by molar-refractivity contribution is 8.13. The fourth-order valence-corrected chi connectivity index (χ4v) is 5.26. The fourth-order valence-electron chi connectivity index (χ4n) is 3.13. The molecular formula is C22H30N3O8PS. The maximum atomic E-state index is 13.3. The largest absolute Gasteiger partial charge is 0.530 e. The summed E-state index contributed by atoms with van der Waals surface area (Å²) in [6, 6.07) is 8.48. The highest BCUT2D eigenvalue weighted by atomic mass is 32.2. The third-order valence-corrected chi connectivity index (χ3v) is 7.60. The summed E-state index contributed by atoms with van der Waals surface area (Å²) < 4.78 is 37.1. The van der Waals surface area contributed by atoms with Crippen LogP contribution >= 0.6 is 19.6 Å². The van der Waals surface area contributed by atoms with E-state index in [-0.39, 0.29) is 35.7 Å². The monoisotopic (exact) mass is 527 g/mol. The molecule has 13 heteroatoms. The van der Waals surface area contributed by atoms with Crippen LogP contribution in [0.2, 0.25) is 0 Å². The van der Waals surface area contributed by atoms with E-state index in [0.29, 0.717) is 18.6 Å². The Morgan fingerprint density at radius 2 is 1.97 bits per heavy atom. The third-order valence-electron chi connectivity index (χ3n) is 4.95. The average Bonchev–Trinajstić information content (AvgIpc) is 3.41. The number of phosphoric acid groups is 1. The van der Waals surface area contributed by atoms with Gasteiger partial charge in [0.05, 0.1) is 19.3 Å². The first-order valence-electron chi connectivity index (χ1n) is 11.0. The summed E-state index contributed by atoms with van der Waals surface area (Å²) in [6.07, 6.45) is 1.21. The van der Waals surface area contributed by atoms with Crippen LogP contribution in [0.5, 0.6) is 11.6 Å². The Labute approximate surface area is 207 Å². The average molecular weight is 528 g/mol. The molecule has 1 aliphatic rings. The first-order valence-corrected chi connectivity index (χ1v) is 13.4. The molecule has 1 aromatic carbocycles. The molecule has 1 fully saturated rings. The van der Waals surface area contributed by atoms with E-state index in [4.69, 9.17) is 24.0 Å². The number of nitrogens with zero attached hydrogens (tertiary/aromatic N) is 2. The number of thioether (sulfide) groups is 1. The molecule has 2 heterocycles. The van der Waals surface area contributed by atoms with Crippen molar-refractivity contribution in [2.45, 2.75) is 45.9 Å². The SMILES string of the molecule is CC(C)(C)C(=O)SCCOP(=O)(OC[C@@H]1CC[C@H](n2cnc(C(N)=O)c2O)O1)Oc1ccccc1. The Bertz CT molecular complexity index is 1070. The minimum Gasteiger partial charge on any atom is -0.493 e. The number of amides is 1. The van der Waals surface area contributed by atoms with Gasteiger partial charge >= 0.3 is 7.82 Å². The van der Waals surface area contributed by atoms with Gasteiger partial charge in [-0.3, -0.25) is 23.2 Å². The number of nitrogens with two attached hydrogens (primary N) is 1. The Kier molecular flexibility index (Phi) is 9.00. The first kappa shape index (κ1) is 27.2. The van der Waals surface area contributed by atoms with Gasteiger partial charge in [-0.25, -0.2) is 9.55 Å². The van der Waals surface area contributed by atoms with Crippen molar-refractivity contribution in [3.05, 3.63) is 42.4 Å². The van der Waals surface area contributed by atoms with Crippen LogP contribution in [0.3, 0.4) is 0 Å². The van der Waals surface area contributed by atoms with Crippen molar-refractivity contribution >= 4 is 30.6 Å². The number of phosphoric ester groups is 1. The van der Waals surface area contributed by atoms with Crippen molar-refractivity contribution in [2.24, 2.45) is 11.1 Å². The van der Waals surface area contributed by atoms with E-state index in [1.165, 1.54) is 10.9 Å².